The van der Waals surface area contributed by atoms with Crippen molar-refractivity contribution >= 4 is 17.9 Å². The molecule has 8 atom stereocenters. The van der Waals surface area contributed by atoms with Gasteiger partial charge < -0.3 is 26.0 Å². The Balaban J connectivity index is 1.14. The van der Waals surface area contributed by atoms with Gasteiger partial charge in [0.15, 0.2) is 0 Å². The van der Waals surface area contributed by atoms with Crippen molar-refractivity contribution in [2.24, 2.45) is 52.1 Å². The minimum absolute atomic E-state index is 0.0655. The molecule has 0 aromatic heterocycles. The number of hydrogen-bond donors (Lipinski definition) is 3. The molecule has 8 nitrogen and oxygen atoms in total. The van der Waals surface area contributed by atoms with Gasteiger partial charge in [-0.1, -0.05) is 175 Å². The molecule has 4 N–H and O–H groups in total. The zero-order valence-corrected chi connectivity index (χ0v) is 44.1. The number of carbonyl (C=O) groups excluding carboxylic acids is 3. The number of nitrogens with zero attached hydrogens (tertiary/aromatic N) is 1. The first-order valence-corrected chi connectivity index (χ1v) is 28.8. The lowest BCUT2D eigenvalue weighted by molar-refractivity contribution is -0.136. The number of nitrogens with two attached hydrogens (primary N) is 1. The van der Waals surface area contributed by atoms with E-state index in [0.717, 1.165) is 106 Å². The van der Waals surface area contributed by atoms with E-state index in [1.807, 2.05) is 0 Å². The van der Waals surface area contributed by atoms with Gasteiger partial charge >= 0.3 is 6.09 Å². The van der Waals surface area contributed by atoms with E-state index in [1.165, 1.54) is 135 Å². The predicted octanol–water partition coefficient (Wildman–Crippen LogP) is 14.6. The van der Waals surface area contributed by atoms with Gasteiger partial charge in [-0.2, -0.15) is 0 Å². The van der Waals surface area contributed by atoms with Gasteiger partial charge in [0.2, 0.25) is 11.8 Å². The van der Waals surface area contributed by atoms with E-state index in [9.17, 15) is 14.4 Å². The normalized spacial score (nSPS) is 26.2. The van der Waals surface area contributed by atoms with Crippen molar-refractivity contribution in [3.63, 3.8) is 0 Å². The van der Waals surface area contributed by atoms with Gasteiger partial charge in [0.25, 0.3) is 0 Å². The zero-order chi connectivity index (χ0) is 47.6. The van der Waals surface area contributed by atoms with Crippen LogP contribution in [-0.2, 0) is 14.3 Å². The molecular weight excluding hydrogens is 817 g/mol. The van der Waals surface area contributed by atoms with Crippen LogP contribution >= 0.6 is 0 Å². The van der Waals surface area contributed by atoms with Gasteiger partial charge in [-0.05, 0) is 130 Å². The zero-order valence-electron chi connectivity index (χ0n) is 44.1. The average Bonchev–Trinajstić information content (AvgIpc) is 3.65. The first kappa shape index (κ1) is 56.5. The standard InChI is InChI=1S/C58H106N4O4/c1-7-8-9-10-11-12-13-14-15-16-17-18-19-20-23-31-55(64)62(45-54(63)60-41-25-22-21-24-40-59)43-27-26-42-61-56(65)66-49-36-38-57(5)48(44-49)32-33-50-52-35-34-51(47(4)30-28-29-46(2)3)58(52,6)39-37-53(50)57/h32,46-47,49-53H,7-31,33-45,59H2,1-6H3,(H,60,63)(H,61,65)/t47-,49+,50+,51-,52+,53+,57+,58-/m1/s1. The Labute approximate surface area is 407 Å². The highest BCUT2D eigenvalue weighted by Gasteiger charge is 2.59. The molecule has 4 rings (SSSR count). The molecule has 0 aromatic carbocycles. The summed E-state index contributed by atoms with van der Waals surface area (Å²) >= 11 is 0. The number of hydrogen-bond acceptors (Lipinski definition) is 5. The Hall–Kier alpha value is -2.09. The highest BCUT2D eigenvalue weighted by molar-refractivity contribution is 5.84. The van der Waals surface area contributed by atoms with Crippen LogP contribution in [0, 0.1) is 46.3 Å². The Morgan fingerprint density at radius 1 is 0.712 bits per heavy atom. The molecule has 0 bridgehead atoms. The molecule has 0 heterocycles. The SMILES string of the molecule is CCCCCCCCCCCCCCCCCC(=O)N(CCCCNC(=O)O[C@H]1CC[C@@]2(C)C(=CC[C@H]3[C@@H]4CC[C@H]([C@H](C)CCCC(C)C)[C@@]4(C)CC[C@@H]32)C1)CC(=O)NCCCCCCN. The molecule has 382 valence electrons. The molecule has 0 aliphatic heterocycles. The van der Waals surface area contributed by atoms with Gasteiger partial charge in [-0.25, -0.2) is 4.79 Å². The average molecular weight is 924 g/mol. The van der Waals surface area contributed by atoms with Crippen molar-refractivity contribution in [1.29, 1.82) is 0 Å². The van der Waals surface area contributed by atoms with Crippen LogP contribution in [0.5, 0.6) is 0 Å². The summed E-state index contributed by atoms with van der Waals surface area (Å²) in [7, 11) is 0. The molecule has 0 saturated heterocycles. The maximum Gasteiger partial charge on any atom is 0.407 e. The second-order valence-corrected chi connectivity index (χ2v) is 23.3. The van der Waals surface area contributed by atoms with Crippen LogP contribution in [0.4, 0.5) is 4.79 Å². The number of alkyl carbamates (subject to hydrolysis) is 1. The Morgan fingerprint density at radius 3 is 2.00 bits per heavy atom. The van der Waals surface area contributed by atoms with E-state index < -0.39 is 0 Å². The summed E-state index contributed by atoms with van der Waals surface area (Å²) in [5.41, 5.74) is 7.91. The summed E-state index contributed by atoms with van der Waals surface area (Å²) in [6.45, 7) is 17.3. The highest BCUT2D eigenvalue weighted by atomic mass is 16.6. The molecule has 0 aromatic rings. The fourth-order valence-electron chi connectivity index (χ4n) is 13.7. The smallest absolute Gasteiger partial charge is 0.407 e. The van der Waals surface area contributed by atoms with Crippen molar-refractivity contribution < 1.29 is 19.1 Å². The largest absolute Gasteiger partial charge is 0.446 e. The minimum Gasteiger partial charge on any atom is -0.446 e. The van der Waals surface area contributed by atoms with Crippen LogP contribution in [0.2, 0.25) is 0 Å². The Morgan fingerprint density at radius 2 is 1.33 bits per heavy atom. The van der Waals surface area contributed by atoms with Gasteiger partial charge in [0.05, 0.1) is 6.54 Å². The number of nitrogens with one attached hydrogen (secondary N) is 2. The van der Waals surface area contributed by atoms with Gasteiger partial charge in [-0.15, -0.1) is 0 Å². The van der Waals surface area contributed by atoms with E-state index in [-0.39, 0.29) is 36.0 Å². The first-order valence-electron chi connectivity index (χ1n) is 28.8. The fraction of sp³-hybridized carbons (Fsp3) is 0.914. The molecule has 4 aliphatic rings. The van der Waals surface area contributed by atoms with Crippen LogP contribution in [0.3, 0.4) is 0 Å². The third kappa shape index (κ3) is 18.7. The van der Waals surface area contributed by atoms with Crippen molar-refractivity contribution in [1.82, 2.24) is 15.5 Å². The fourth-order valence-corrected chi connectivity index (χ4v) is 13.7. The number of amides is 3. The van der Waals surface area contributed by atoms with E-state index in [4.69, 9.17) is 10.5 Å². The minimum atomic E-state index is -0.322. The summed E-state index contributed by atoms with van der Waals surface area (Å²) in [4.78, 5) is 41.2. The highest BCUT2D eigenvalue weighted by Crippen LogP contribution is 2.67. The monoisotopic (exact) mass is 923 g/mol. The molecule has 3 amide bonds. The van der Waals surface area contributed by atoms with Crippen LogP contribution in [0.1, 0.15) is 253 Å². The topological polar surface area (TPSA) is 114 Å². The van der Waals surface area contributed by atoms with Gasteiger partial charge in [0.1, 0.15) is 6.10 Å². The number of rotatable bonds is 35. The molecule has 0 spiro atoms. The van der Waals surface area contributed by atoms with Gasteiger partial charge in [-0.3, -0.25) is 9.59 Å². The van der Waals surface area contributed by atoms with E-state index in [1.54, 1.807) is 10.5 Å². The lowest BCUT2D eigenvalue weighted by Gasteiger charge is -2.58. The number of fused-ring (bicyclic) bond motifs is 5. The molecule has 8 heteroatoms. The first-order chi connectivity index (χ1) is 31.9. The van der Waals surface area contributed by atoms with Crippen LogP contribution in [0.15, 0.2) is 11.6 Å². The number of carbonyl (C=O) groups is 3. The lowest BCUT2D eigenvalue weighted by atomic mass is 9.47. The Bertz CT molecular complexity index is 1400. The third-order valence-electron chi connectivity index (χ3n) is 17.8. The number of allylic oxidation sites excluding steroid dienone is 1. The molecule has 66 heavy (non-hydrogen) atoms. The molecule has 3 saturated carbocycles. The van der Waals surface area contributed by atoms with Crippen LogP contribution in [-0.4, -0.2) is 61.6 Å². The maximum absolute atomic E-state index is 13.4. The quantitative estimate of drug-likeness (QED) is 0.0433. The van der Waals surface area contributed by atoms with Crippen LogP contribution in [0.25, 0.3) is 0 Å². The Kier molecular flexibility index (Phi) is 26.7. The van der Waals surface area contributed by atoms with Crippen molar-refractivity contribution in [2.75, 3.05) is 32.7 Å². The second kappa shape index (κ2) is 31.2. The summed E-state index contributed by atoms with van der Waals surface area (Å²) in [6, 6.07) is 0. The van der Waals surface area contributed by atoms with Crippen LogP contribution < -0.4 is 16.4 Å². The van der Waals surface area contributed by atoms with Crippen molar-refractivity contribution in [3.8, 4) is 0 Å². The number of unbranched alkanes of at least 4 members (excludes halogenated alkanes) is 18. The predicted molar refractivity (Wildman–Crippen MR) is 277 cm³/mol. The summed E-state index contributed by atoms with van der Waals surface area (Å²) < 4.78 is 6.09. The van der Waals surface area contributed by atoms with E-state index >= 15 is 0 Å². The summed E-state index contributed by atoms with van der Waals surface area (Å²) in [6.07, 6.45) is 41.5. The van der Waals surface area contributed by atoms with E-state index in [2.05, 4.69) is 58.3 Å². The van der Waals surface area contributed by atoms with Crippen molar-refractivity contribution in [3.05, 3.63) is 11.6 Å². The molecule has 3 fully saturated rings. The second-order valence-electron chi connectivity index (χ2n) is 23.3. The number of ether oxygens (including phenoxy) is 1. The van der Waals surface area contributed by atoms with E-state index in [0.29, 0.717) is 38.0 Å². The maximum atomic E-state index is 13.4. The molecular formula is C58H106N4O4. The molecule has 0 unspecified atom stereocenters. The summed E-state index contributed by atoms with van der Waals surface area (Å²) in [5.74, 6) is 4.92. The third-order valence-corrected chi connectivity index (χ3v) is 17.8. The molecule has 4 aliphatic carbocycles. The van der Waals surface area contributed by atoms with Gasteiger partial charge in [0, 0.05) is 32.5 Å². The van der Waals surface area contributed by atoms with Crippen molar-refractivity contribution in [2.45, 2.75) is 260 Å². The summed E-state index contributed by atoms with van der Waals surface area (Å²) in [5, 5.41) is 6.06. The lowest BCUT2D eigenvalue weighted by Crippen LogP contribution is -2.51. The molecule has 0 radical (unpaired) electrons.